The fourth-order valence-electron chi connectivity index (χ4n) is 2.53. The van der Waals surface area contributed by atoms with E-state index in [4.69, 9.17) is 5.73 Å². The van der Waals surface area contributed by atoms with E-state index >= 15 is 0 Å². The molecule has 24 heavy (non-hydrogen) atoms. The molecule has 0 unspecified atom stereocenters. The van der Waals surface area contributed by atoms with Crippen molar-refractivity contribution < 1.29 is 9.90 Å². The average molecular weight is 346 g/mol. The number of aliphatic hydroxyl groups excluding tert-OH is 1. The van der Waals surface area contributed by atoms with Crippen LogP contribution in [0.2, 0.25) is 0 Å². The van der Waals surface area contributed by atoms with Crippen molar-refractivity contribution in [1.29, 1.82) is 0 Å². The summed E-state index contributed by atoms with van der Waals surface area (Å²) in [5.74, 6) is 0.233. The minimum atomic E-state index is -0.550. The lowest BCUT2D eigenvalue weighted by atomic mass is 9.98. The molecule has 2 rings (SSSR count). The van der Waals surface area contributed by atoms with Crippen LogP contribution in [0.4, 0.5) is 0 Å². The molecule has 0 spiro atoms. The maximum Gasteiger partial charge on any atom is 0.172 e. The van der Waals surface area contributed by atoms with Crippen molar-refractivity contribution in [1.82, 2.24) is 0 Å². The Morgan fingerprint density at radius 2 is 1.88 bits per heavy atom. The van der Waals surface area contributed by atoms with E-state index in [-0.39, 0.29) is 12.4 Å². The minimum Gasteiger partial charge on any atom is -0.394 e. The second-order valence-corrected chi connectivity index (χ2v) is 7.86. The summed E-state index contributed by atoms with van der Waals surface area (Å²) < 4.78 is 0. The fourth-order valence-corrected chi connectivity index (χ4v) is 3.51. The number of thiophene rings is 1. The third-order valence-electron chi connectivity index (χ3n) is 4.20. The van der Waals surface area contributed by atoms with Gasteiger partial charge in [0, 0.05) is 16.8 Å². The summed E-state index contributed by atoms with van der Waals surface area (Å²) >= 11 is 1.56. The summed E-state index contributed by atoms with van der Waals surface area (Å²) in [6, 6.07) is 14.3. The standard InChI is InChI=1S/C20H27NO2S/c1-20(21,15-22)14-13-17-11-12-19(24-17)18(23)10-6-5-9-16-7-3-2-4-8-16/h2-4,7-8,11-12,22H,5-6,9-10,13-15,21H2,1H3/t20-/m1/s1. The molecule has 1 heterocycles. The lowest BCUT2D eigenvalue weighted by molar-refractivity contribution is 0.0983. The number of benzene rings is 1. The molecule has 2 aromatic rings. The monoisotopic (exact) mass is 345 g/mol. The number of rotatable bonds is 10. The zero-order valence-electron chi connectivity index (χ0n) is 14.3. The topological polar surface area (TPSA) is 63.3 Å². The van der Waals surface area contributed by atoms with Gasteiger partial charge in [-0.05, 0) is 56.7 Å². The predicted molar refractivity (Wildman–Crippen MR) is 101 cm³/mol. The van der Waals surface area contributed by atoms with E-state index in [0.717, 1.165) is 35.4 Å². The van der Waals surface area contributed by atoms with Gasteiger partial charge in [-0.2, -0.15) is 0 Å². The molecule has 4 heteroatoms. The molecule has 0 bridgehead atoms. The van der Waals surface area contributed by atoms with Gasteiger partial charge in [0.15, 0.2) is 5.78 Å². The van der Waals surface area contributed by atoms with Crippen LogP contribution >= 0.6 is 11.3 Å². The largest absolute Gasteiger partial charge is 0.394 e. The smallest absolute Gasteiger partial charge is 0.172 e. The first kappa shape index (κ1) is 18.8. The average Bonchev–Trinajstić information content (AvgIpc) is 3.07. The fraction of sp³-hybridized carbons (Fsp3) is 0.450. The number of hydrogen-bond acceptors (Lipinski definition) is 4. The highest BCUT2D eigenvalue weighted by molar-refractivity contribution is 7.14. The van der Waals surface area contributed by atoms with Crippen LogP contribution in [0.15, 0.2) is 42.5 Å². The van der Waals surface area contributed by atoms with Crippen LogP contribution in [-0.2, 0) is 12.8 Å². The molecule has 1 atom stereocenters. The van der Waals surface area contributed by atoms with Gasteiger partial charge >= 0.3 is 0 Å². The number of carbonyl (C=O) groups is 1. The lowest BCUT2D eigenvalue weighted by Gasteiger charge is -2.20. The van der Waals surface area contributed by atoms with E-state index in [1.807, 2.05) is 25.1 Å². The quantitative estimate of drug-likeness (QED) is 0.505. The molecule has 3 N–H and O–H groups in total. The molecular formula is C20H27NO2S. The van der Waals surface area contributed by atoms with Gasteiger partial charge < -0.3 is 10.8 Å². The van der Waals surface area contributed by atoms with E-state index < -0.39 is 5.54 Å². The Balaban J connectivity index is 1.73. The third-order valence-corrected chi connectivity index (χ3v) is 5.39. The molecule has 1 aromatic carbocycles. The Kier molecular flexibility index (Phi) is 7.16. The molecule has 0 aliphatic rings. The summed E-state index contributed by atoms with van der Waals surface area (Å²) in [5, 5.41) is 9.19. The van der Waals surface area contributed by atoms with E-state index in [1.54, 1.807) is 11.3 Å². The lowest BCUT2D eigenvalue weighted by Crippen LogP contribution is -2.40. The molecule has 0 saturated heterocycles. The van der Waals surface area contributed by atoms with E-state index in [0.29, 0.717) is 12.8 Å². The highest BCUT2D eigenvalue weighted by Gasteiger charge is 2.17. The number of carbonyl (C=O) groups excluding carboxylic acids is 1. The number of aliphatic hydroxyl groups is 1. The van der Waals surface area contributed by atoms with Gasteiger partial charge in [-0.1, -0.05) is 30.3 Å². The summed E-state index contributed by atoms with van der Waals surface area (Å²) in [4.78, 5) is 14.3. The number of ketones is 1. The molecule has 0 aliphatic heterocycles. The number of nitrogens with two attached hydrogens (primary N) is 1. The van der Waals surface area contributed by atoms with Gasteiger partial charge in [0.1, 0.15) is 0 Å². The Morgan fingerprint density at radius 1 is 1.12 bits per heavy atom. The molecule has 0 saturated carbocycles. The Bertz CT molecular complexity index is 634. The zero-order chi connectivity index (χ0) is 17.4. The van der Waals surface area contributed by atoms with Gasteiger partial charge in [-0.15, -0.1) is 11.3 Å². The highest BCUT2D eigenvalue weighted by Crippen LogP contribution is 2.22. The van der Waals surface area contributed by atoms with Crippen molar-refractivity contribution in [2.45, 2.75) is 51.0 Å². The van der Waals surface area contributed by atoms with Gasteiger partial charge in [-0.3, -0.25) is 4.79 Å². The second kappa shape index (κ2) is 9.11. The molecule has 0 aliphatic carbocycles. The van der Waals surface area contributed by atoms with Crippen molar-refractivity contribution in [3.8, 4) is 0 Å². The van der Waals surface area contributed by atoms with Crippen molar-refractivity contribution in [3.05, 3.63) is 57.8 Å². The second-order valence-electron chi connectivity index (χ2n) is 6.69. The summed E-state index contributed by atoms with van der Waals surface area (Å²) in [7, 11) is 0. The Labute approximate surface area is 148 Å². The Morgan fingerprint density at radius 3 is 2.58 bits per heavy atom. The number of Topliss-reactive ketones (excluding diaryl/α,β-unsaturated/α-hetero) is 1. The number of unbranched alkanes of at least 4 members (excludes halogenated alkanes) is 1. The third kappa shape index (κ3) is 6.19. The zero-order valence-corrected chi connectivity index (χ0v) is 15.1. The summed E-state index contributed by atoms with van der Waals surface area (Å²) in [6.45, 7) is 1.82. The van der Waals surface area contributed by atoms with Crippen molar-refractivity contribution >= 4 is 17.1 Å². The van der Waals surface area contributed by atoms with E-state index in [9.17, 15) is 9.90 Å². The van der Waals surface area contributed by atoms with Crippen LogP contribution in [0.3, 0.4) is 0 Å². The number of hydrogen-bond donors (Lipinski definition) is 2. The summed E-state index contributed by atoms with van der Waals surface area (Å²) in [5.41, 5.74) is 6.73. The van der Waals surface area contributed by atoms with Crippen molar-refractivity contribution in [2.75, 3.05) is 6.61 Å². The van der Waals surface area contributed by atoms with Crippen molar-refractivity contribution in [3.63, 3.8) is 0 Å². The van der Waals surface area contributed by atoms with Crippen LogP contribution in [0.1, 0.15) is 52.7 Å². The van der Waals surface area contributed by atoms with Crippen LogP contribution in [0.5, 0.6) is 0 Å². The highest BCUT2D eigenvalue weighted by atomic mass is 32.1. The van der Waals surface area contributed by atoms with Gasteiger partial charge in [0.05, 0.1) is 11.5 Å². The summed E-state index contributed by atoms with van der Waals surface area (Å²) in [6.07, 6.45) is 5.12. The molecule has 0 fully saturated rings. The van der Waals surface area contributed by atoms with Crippen LogP contribution in [0, 0.1) is 0 Å². The molecule has 1 aromatic heterocycles. The molecule has 130 valence electrons. The van der Waals surface area contributed by atoms with Crippen molar-refractivity contribution in [2.24, 2.45) is 5.73 Å². The number of aryl methyl sites for hydroxylation is 2. The van der Waals surface area contributed by atoms with Crippen LogP contribution < -0.4 is 5.73 Å². The van der Waals surface area contributed by atoms with Gasteiger partial charge in [-0.25, -0.2) is 0 Å². The maximum atomic E-state index is 12.3. The normalized spacial score (nSPS) is 13.6. The molecule has 3 nitrogen and oxygen atoms in total. The van der Waals surface area contributed by atoms with Gasteiger partial charge in [0.2, 0.25) is 0 Å². The predicted octanol–water partition coefficient (Wildman–Crippen LogP) is 3.99. The molecular weight excluding hydrogens is 318 g/mol. The maximum absolute atomic E-state index is 12.3. The van der Waals surface area contributed by atoms with Crippen LogP contribution in [0.25, 0.3) is 0 Å². The van der Waals surface area contributed by atoms with E-state index in [1.165, 1.54) is 5.56 Å². The molecule has 0 amide bonds. The van der Waals surface area contributed by atoms with Gasteiger partial charge in [0.25, 0.3) is 0 Å². The first-order valence-corrected chi connectivity index (χ1v) is 9.37. The molecule has 0 radical (unpaired) electrons. The Hall–Kier alpha value is -1.49. The van der Waals surface area contributed by atoms with Crippen LogP contribution in [-0.4, -0.2) is 23.0 Å². The first-order chi connectivity index (χ1) is 11.5. The first-order valence-electron chi connectivity index (χ1n) is 8.56. The minimum absolute atomic E-state index is 0.0222. The SMILES string of the molecule is C[C@](N)(CO)CCc1ccc(C(=O)CCCCc2ccccc2)s1. The van der Waals surface area contributed by atoms with E-state index in [2.05, 4.69) is 24.3 Å².